The summed E-state index contributed by atoms with van der Waals surface area (Å²) in [6.45, 7) is 9.73. The number of sulfone groups is 1. The molecule has 0 aliphatic carbocycles. The molecule has 180 valence electrons. The first-order valence-corrected chi connectivity index (χ1v) is 13.4. The third-order valence-electron chi connectivity index (χ3n) is 5.54. The maximum absolute atomic E-state index is 13.0. The molecule has 7 nitrogen and oxygen atoms in total. The Morgan fingerprint density at radius 1 is 1.09 bits per heavy atom. The van der Waals surface area contributed by atoms with E-state index in [0.29, 0.717) is 6.42 Å². The van der Waals surface area contributed by atoms with Gasteiger partial charge in [-0.1, -0.05) is 62.9 Å². The highest BCUT2D eigenvalue weighted by molar-refractivity contribution is 8.00. The maximum Gasteiger partial charge on any atom is 0.270 e. The highest BCUT2D eigenvalue weighted by atomic mass is 32.2. The average Bonchev–Trinajstić information content (AvgIpc) is 2.79. The molecule has 3 aromatic rings. The number of hydrogen-bond acceptors (Lipinski definition) is 6. The van der Waals surface area contributed by atoms with E-state index in [0.717, 1.165) is 40.3 Å². The number of amides is 1. The minimum absolute atomic E-state index is 0.0315. The van der Waals surface area contributed by atoms with Gasteiger partial charge in [-0.05, 0) is 55.0 Å². The molecular weight excluding hydrogens is 470 g/mol. The van der Waals surface area contributed by atoms with E-state index in [1.54, 1.807) is 12.1 Å². The van der Waals surface area contributed by atoms with E-state index < -0.39 is 25.5 Å². The van der Waals surface area contributed by atoms with E-state index in [1.165, 1.54) is 12.1 Å². The first kappa shape index (κ1) is 25.7. The number of carbonyl (C=O) groups excluding carboxylic acids is 1. The summed E-state index contributed by atoms with van der Waals surface area (Å²) >= 11 is 1.09. The number of aromatic amines is 1. The van der Waals surface area contributed by atoms with Gasteiger partial charge in [0.25, 0.3) is 5.56 Å². The molecule has 0 aliphatic heterocycles. The number of anilines is 1. The van der Waals surface area contributed by atoms with Gasteiger partial charge in [0.1, 0.15) is 0 Å². The summed E-state index contributed by atoms with van der Waals surface area (Å²) in [5, 5.41) is 2.62. The monoisotopic (exact) mass is 499 g/mol. The van der Waals surface area contributed by atoms with Gasteiger partial charge >= 0.3 is 0 Å². The summed E-state index contributed by atoms with van der Waals surface area (Å²) < 4.78 is 25.9. The number of nitrogens with one attached hydrogen (secondary N) is 2. The van der Waals surface area contributed by atoms with Crippen LogP contribution in [0.2, 0.25) is 0 Å². The summed E-state index contributed by atoms with van der Waals surface area (Å²) in [6, 6.07) is 12.2. The third-order valence-corrected chi connectivity index (χ3v) is 8.56. The maximum atomic E-state index is 13.0. The Morgan fingerprint density at radius 3 is 2.24 bits per heavy atom. The molecule has 0 unspecified atom stereocenters. The Hall–Kier alpha value is -2.91. The standard InChI is InChI=1S/C25H29N3O4S2/c1-6-20(23(29)27-22-16(4)8-7-9-17(22)5)33-25-26-14-21(24(30)28-25)34(31,32)19-12-10-18(11-13-19)15(2)3/h7-15,20H,6H2,1-5H3,(H,27,29)(H,26,28,30)/t20-/m1/s1. The lowest BCUT2D eigenvalue weighted by Gasteiger charge is -2.17. The van der Waals surface area contributed by atoms with E-state index in [1.807, 2.05) is 52.8 Å². The number of nitrogens with zero attached hydrogens (tertiary/aromatic N) is 1. The van der Waals surface area contributed by atoms with Gasteiger partial charge in [0.05, 0.1) is 16.3 Å². The van der Waals surface area contributed by atoms with Crippen molar-refractivity contribution in [1.29, 1.82) is 0 Å². The van der Waals surface area contributed by atoms with Gasteiger partial charge in [-0.3, -0.25) is 9.59 Å². The molecule has 34 heavy (non-hydrogen) atoms. The molecular formula is C25H29N3O4S2. The number of carbonyl (C=O) groups is 1. The van der Waals surface area contributed by atoms with Crippen LogP contribution in [0.15, 0.2) is 68.4 Å². The fraction of sp³-hybridized carbons (Fsp3) is 0.320. The van der Waals surface area contributed by atoms with Crippen molar-refractivity contribution in [2.45, 2.75) is 67.2 Å². The molecule has 0 saturated carbocycles. The van der Waals surface area contributed by atoms with Crippen molar-refractivity contribution < 1.29 is 13.2 Å². The predicted octanol–water partition coefficient (Wildman–Crippen LogP) is 4.85. The van der Waals surface area contributed by atoms with Gasteiger partial charge in [0.15, 0.2) is 10.1 Å². The van der Waals surface area contributed by atoms with Gasteiger partial charge in [-0.15, -0.1) is 0 Å². The first-order chi connectivity index (χ1) is 16.0. The number of aromatic nitrogens is 2. The van der Waals surface area contributed by atoms with Crippen LogP contribution in [0.1, 0.15) is 49.8 Å². The van der Waals surface area contributed by atoms with E-state index in [-0.39, 0.29) is 21.9 Å². The Bertz CT molecular complexity index is 1330. The predicted molar refractivity (Wildman–Crippen MR) is 135 cm³/mol. The van der Waals surface area contributed by atoms with Crippen molar-refractivity contribution in [2.24, 2.45) is 0 Å². The number of rotatable bonds is 8. The normalized spacial score (nSPS) is 12.5. The molecule has 2 N–H and O–H groups in total. The number of benzene rings is 2. The molecule has 1 heterocycles. The fourth-order valence-electron chi connectivity index (χ4n) is 3.45. The van der Waals surface area contributed by atoms with Crippen molar-refractivity contribution in [1.82, 2.24) is 9.97 Å². The van der Waals surface area contributed by atoms with E-state index in [4.69, 9.17) is 0 Å². The minimum atomic E-state index is -4.02. The molecule has 0 radical (unpaired) electrons. The zero-order chi connectivity index (χ0) is 25.0. The van der Waals surface area contributed by atoms with Crippen LogP contribution in [-0.4, -0.2) is 29.5 Å². The molecule has 1 amide bonds. The average molecular weight is 500 g/mol. The number of H-pyrrole nitrogens is 1. The van der Waals surface area contributed by atoms with Crippen LogP contribution in [0, 0.1) is 13.8 Å². The topological polar surface area (TPSA) is 109 Å². The molecule has 9 heteroatoms. The van der Waals surface area contributed by atoms with Crippen molar-refractivity contribution in [2.75, 3.05) is 5.32 Å². The Labute approximate surface area is 204 Å². The molecule has 1 atom stereocenters. The highest BCUT2D eigenvalue weighted by Gasteiger charge is 2.25. The van der Waals surface area contributed by atoms with Gasteiger partial charge < -0.3 is 10.3 Å². The molecule has 3 rings (SSSR count). The van der Waals surface area contributed by atoms with Crippen LogP contribution < -0.4 is 10.9 Å². The molecule has 1 aromatic heterocycles. The van der Waals surface area contributed by atoms with Gasteiger partial charge in [0.2, 0.25) is 15.7 Å². The summed E-state index contributed by atoms with van der Waals surface area (Å²) in [4.78, 5) is 31.8. The summed E-state index contributed by atoms with van der Waals surface area (Å²) in [5.74, 6) is 0.0473. The first-order valence-electron chi connectivity index (χ1n) is 11.0. The second-order valence-corrected chi connectivity index (χ2v) is 11.5. The lowest BCUT2D eigenvalue weighted by molar-refractivity contribution is -0.115. The quantitative estimate of drug-likeness (QED) is 0.339. The molecule has 0 saturated heterocycles. The van der Waals surface area contributed by atoms with Crippen molar-refractivity contribution >= 4 is 33.2 Å². The molecule has 0 bridgehead atoms. The van der Waals surface area contributed by atoms with Crippen LogP contribution in [0.25, 0.3) is 0 Å². The number of thioether (sulfide) groups is 1. The molecule has 0 aliphatic rings. The van der Waals surface area contributed by atoms with Crippen LogP contribution in [0.5, 0.6) is 0 Å². The highest BCUT2D eigenvalue weighted by Crippen LogP contribution is 2.26. The minimum Gasteiger partial charge on any atom is -0.325 e. The summed E-state index contributed by atoms with van der Waals surface area (Å²) in [5.41, 5.74) is 2.90. The smallest absolute Gasteiger partial charge is 0.270 e. The number of hydrogen-bond donors (Lipinski definition) is 2. The Kier molecular flexibility index (Phi) is 7.99. The molecule has 0 fully saturated rings. The van der Waals surface area contributed by atoms with Crippen LogP contribution >= 0.6 is 11.8 Å². The van der Waals surface area contributed by atoms with Crippen molar-refractivity contribution in [3.05, 3.63) is 75.7 Å². The molecule has 2 aromatic carbocycles. The van der Waals surface area contributed by atoms with Crippen molar-refractivity contribution in [3.63, 3.8) is 0 Å². The van der Waals surface area contributed by atoms with Crippen molar-refractivity contribution in [3.8, 4) is 0 Å². The van der Waals surface area contributed by atoms with Gasteiger partial charge in [0, 0.05) is 5.69 Å². The van der Waals surface area contributed by atoms with Crippen LogP contribution in [0.3, 0.4) is 0 Å². The zero-order valence-electron chi connectivity index (χ0n) is 19.9. The SMILES string of the molecule is CC[C@@H](Sc1ncc(S(=O)(=O)c2ccc(C(C)C)cc2)c(=O)[nH]1)C(=O)Nc1c(C)cccc1C. The number of para-hydroxylation sites is 1. The second-order valence-electron chi connectivity index (χ2n) is 8.38. The Morgan fingerprint density at radius 2 is 1.71 bits per heavy atom. The third kappa shape index (κ3) is 5.59. The summed E-state index contributed by atoms with van der Waals surface area (Å²) in [6.07, 6.45) is 1.55. The Balaban J connectivity index is 1.81. The van der Waals surface area contributed by atoms with Crippen LogP contribution in [-0.2, 0) is 14.6 Å². The van der Waals surface area contributed by atoms with E-state index in [2.05, 4.69) is 15.3 Å². The van der Waals surface area contributed by atoms with E-state index >= 15 is 0 Å². The van der Waals surface area contributed by atoms with Gasteiger partial charge in [-0.2, -0.15) is 0 Å². The number of aryl methyl sites for hydroxylation is 2. The summed E-state index contributed by atoms with van der Waals surface area (Å²) in [7, 11) is -4.02. The largest absolute Gasteiger partial charge is 0.325 e. The van der Waals surface area contributed by atoms with Crippen LogP contribution in [0.4, 0.5) is 5.69 Å². The lowest BCUT2D eigenvalue weighted by Crippen LogP contribution is -2.26. The fourth-order valence-corrected chi connectivity index (χ4v) is 5.55. The zero-order valence-corrected chi connectivity index (χ0v) is 21.5. The molecule has 0 spiro atoms. The van der Waals surface area contributed by atoms with E-state index in [9.17, 15) is 18.0 Å². The van der Waals surface area contributed by atoms with Gasteiger partial charge in [-0.25, -0.2) is 13.4 Å². The lowest BCUT2D eigenvalue weighted by atomic mass is 10.0. The second kappa shape index (κ2) is 10.6.